The molecule has 0 spiro atoms. The monoisotopic (exact) mass is 456 g/mol. The second-order valence-corrected chi connectivity index (χ2v) is 7.89. The lowest BCUT2D eigenvalue weighted by molar-refractivity contribution is -0.147. The summed E-state index contributed by atoms with van der Waals surface area (Å²) in [5.74, 6) is -1.20. The van der Waals surface area contributed by atoms with E-state index in [4.69, 9.17) is 4.74 Å². The van der Waals surface area contributed by atoms with Gasteiger partial charge in [0.05, 0.1) is 6.33 Å². The van der Waals surface area contributed by atoms with E-state index >= 15 is 0 Å². The van der Waals surface area contributed by atoms with Crippen LogP contribution in [0.3, 0.4) is 0 Å². The van der Waals surface area contributed by atoms with Crippen LogP contribution in [0, 0.1) is 0 Å². The highest BCUT2D eigenvalue weighted by molar-refractivity contribution is 5.93. The summed E-state index contributed by atoms with van der Waals surface area (Å²) in [5.41, 5.74) is 0.813. The number of amides is 1. The summed E-state index contributed by atoms with van der Waals surface area (Å²) in [7, 11) is 2.83. The maximum atomic E-state index is 12.4. The molecule has 2 aromatic heterocycles. The molecule has 0 bridgehead atoms. The molecule has 11 heteroatoms. The Bertz CT molecular complexity index is 1290. The summed E-state index contributed by atoms with van der Waals surface area (Å²) in [6, 6.07) is 7.77. The van der Waals surface area contributed by atoms with Gasteiger partial charge in [0.25, 0.3) is 11.5 Å². The van der Waals surface area contributed by atoms with E-state index in [0.29, 0.717) is 11.7 Å². The van der Waals surface area contributed by atoms with Crippen molar-refractivity contribution in [3.63, 3.8) is 0 Å². The molecule has 0 saturated heterocycles. The van der Waals surface area contributed by atoms with Gasteiger partial charge in [-0.3, -0.25) is 23.5 Å². The lowest BCUT2D eigenvalue weighted by Crippen LogP contribution is -2.37. The van der Waals surface area contributed by atoms with Crippen LogP contribution in [-0.4, -0.2) is 49.8 Å². The number of benzene rings is 1. The van der Waals surface area contributed by atoms with Crippen molar-refractivity contribution in [1.29, 1.82) is 0 Å². The average Bonchev–Trinajstić information content (AvgIpc) is 3.20. The zero-order chi connectivity index (χ0) is 24.3. The molecule has 0 radical (unpaired) electrons. The largest absolute Gasteiger partial charge is 0.454 e. The minimum Gasteiger partial charge on any atom is -0.454 e. The SMILES string of the molecule is CCN(c1ccc(NC(=O)COC(=O)Cn2cnc3c2c(=O)n(C)c(=O)n3C)cc1)C(C)C. The molecule has 0 aliphatic heterocycles. The molecule has 2 heterocycles. The van der Waals surface area contributed by atoms with E-state index in [1.807, 2.05) is 12.1 Å². The summed E-state index contributed by atoms with van der Waals surface area (Å²) in [4.78, 5) is 55.1. The fraction of sp³-hybridized carbons (Fsp3) is 0.409. The van der Waals surface area contributed by atoms with Gasteiger partial charge in [0.2, 0.25) is 0 Å². The van der Waals surface area contributed by atoms with Crippen molar-refractivity contribution in [3.05, 3.63) is 51.4 Å². The Morgan fingerprint density at radius 1 is 1.12 bits per heavy atom. The number of fused-ring (bicyclic) bond motifs is 1. The molecule has 0 fully saturated rings. The number of nitrogens with zero attached hydrogens (tertiary/aromatic N) is 5. The van der Waals surface area contributed by atoms with Crippen LogP contribution < -0.4 is 21.5 Å². The van der Waals surface area contributed by atoms with Crippen molar-refractivity contribution in [2.24, 2.45) is 14.1 Å². The zero-order valence-corrected chi connectivity index (χ0v) is 19.4. The van der Waals surface area contributed by atoms with E-state index in [-0.39, 0.29) is 17.7 Å². The molecular weight excluding hydrogens is 428 g/mol. The third-order valence-corrected chi connectivity index (χ3v) is 5.33. The topological polar surface area (TPSA) is 120 Å². The number of hydrogen-bond donors (Lipinski definition) is 1. The van der Waals surface area contributed by atoms with Crippen molar-refractivity contribution in [3.8, 4) is 0 Å². The van der Waals surface area contributed by atoms with E-state index in [2.05, 4.69) is 36.0 Å². The molecule has 1 N–H and O–H groups in total. The number of hydrogen-bond acceptors (Lipinski definition) is 7. The lowest BCUT2D eigenvalue weighted by atomic mass is 10.2. The zero-order valence-electron chi connectivity index (χ0n) is 19.4. The van der Waals surface area contributed by atoms with Crippen molar-refractivity contribution in [1.82, 2.24) is 18.7 Å². The van der Waals surface area contributed by atoms with Crippen molar-refractivity contribution < 1.29 is 14.3 Å². The molecule has 33 heavy (non-hydrogen) atoms. The van der Waals surface area contributed by atoms with Gasteiger partial charge in [0, 0.05) is 38.1 Å². The predicted octanol–water partition coefficient (Wildman–Crippen LogP) is 0.850. The fourth-order valence-electron chi connectivity index (χ4n) is 3.63. The third-order valence-electron chi connectivity index (χ3n) is 5.33. The normalized spacial score (nSPS) is 11.1. The number of carbonyl (C=O) groups excluding carboxylic acids is 2. The Morgan fingerprint density at radius 3 is 2.39 bits per heavy atom. The van der Waals surface area contributed by atoms with E-state index < -0.39 is 29.7 Å². The van der Waals surface area contributed by atoms with E-state index in [1.165, 1.54) is 29.6 Å². The van der Waals surface area contributed by atoms with Gasteiger partial charge in [-0.05, 0) is 45.0 Å². The van der Waals surface area contributed by atoms with Gasteiger partial charge in [-0.1, -0.05) is 0 Å². The number of esters is 1. The van der Waals surface area contributed by atoms with Crippen molar-refractivity contribution >= 4 is 34.4 Å². The summed E-state index contributed by atoms with van der Waals surface area (Å²) < 4.78 is 8.50. The van der Waals surface area contributed by atoms with Crippen LogP contribution >= 0.6 is 0 Å². The average molecular weight is 457 g/mol. The molecular formula is C22H28N6O5. The Kier molecular flexibility index (Phi) is 7.00. The number of aryl methyl sites for hydroxylation is 1. The highest BCUT2D eigenvalue weighted by Gasteiger charge is 2.17. The Morgan fingerprint density at radius 2 is 1.79 bits per heavy atom. The summed E-state index contributed by atoms with van der Waals surface area (Å²) in [6.07, 6.45) is 1.28. The van der Waals surface area contributed by atoms with E-state index in [1.54, 1.807) is 12.1 Å². The molecule has 0 atom stereocenters. The van der Waals surface area contributed by atoms with Crippen LogP contribution in [0.15, 0.2) is 40.2 Å². The molecule has 11 nitrogen and oxygen atoms in total. The van der Waals surface area contributed by atoms with Gasteiger partial charge in [0.1, 0.15) is 6.54 Å². The van der Waals surface area contributed by atoms with Crippen LogP contribution in [-0.2, 0) is 35.0 Å². The van der Waals surface area contributed by atoms with Crippen molar-refractivity contribution in [2.45, 2.75) is 33.4 Å². The minimum absolute atomic E-state index is 0.101. The Hall–Kier alpha value is -3.89. The molecule has 3 rings (SSSR count). The third kappa shape index (κ3) is 4.97. The van der Waals surface area contributed by atoms with Gasteiger partial charge >= 0.3 is 11.7 Å². The number of aromatic nitrogens is 4. The van der Waals surface area contributed by atoms with Gasteiger partial charge in [-0.2, -0.15) is 0 Å². The predicted molar refractivity (Wildman–Crippen MR) is 124 cm³/mol. The van der Waals surface area contributed by atoms with Gasteiger partial charge in [-0.15, -0.1) is 0 Å². The first-order valence-electron chi connectivity index (χ1n) is 10.6. The van der Waals surface area contributed by atoms with Crippen LogP contribution in [0.2, 0.25) is 0 Å². The fourth-order valence-corrected chi connectivity index (χ4v) is 3.63. The first-order valence-corrected chi connectivity index (χ1v) is 10.6. The number of imidazole rings is 1. The molecule has 176 valence electrons. The number of carbonyl (C=O) groups is 2. The summed E-state index contributed by atoms with van der Waals surface area (Å²) in [5, 5.41) is 2.68. The van der Waals surface area contributed by atoms with E-state index in [9.17, 15) is 19.2 Å². The van der Waals surface area contributed by atoms with Crippen LogP contribution in [0.1, 0.15) is 20.8 Å². The molecule has 0 aliphatic carbocycles. The lowest BCUT2D eigenvalue weighted by Gasteiger charge is -2.27. The molecule has 3 aromatic rings. The summed E-state index contributed by atoms with van der Waals surface area (Å²) in [6.45, 7) is 6.37. The standard InChI is InChI=1S/C22H28N6O5/c1-6-28(14(2)3)16-9-7-15(8-10-16)24-17(29)12-33-18(30)11-27-13-23-20-19(27)21(31)26(5)22(32)25(20)4/h7-10,13-14H,6,11-12H2,1-5H3,(H,24,29). The number of nitrogens with one attached hydrogen (secondary N) is 1. The van der Waals surface area contributed by atoms with E-state index in [0.717, 1.165) is 16.8 Å². The van der Waals surface area contributed by atoms with Gasteiger partial charge < -0.3 is 19.5 Å². The van der Waals surface area contributed by atoms with Gasteiger partial charge in [-0.25, -0.2) is 9.78 Å². The smallest absolute Gasteiger partial charge is 0.332 e. The highest BCUT2D eigenvalue weighted by Crippen LogP contribution is 2.19. The molecule has 0 unspecified atom stereocenters. The molecule has 0 saturated carbocycles. The molecule has 1 aromatic carbocycles. The molecule has 1 amide bonds. The number of anilines is 2. The Balaban J connectivity index is 1.60. The number of ether oxygens (including phenoxy) is 1. The Labute approximate surface area is 190 Å². The van der Waals surface area contributed by atoms with Gasteiger partial charge in [0.15, 0.2) is 17.8 Å². The highest BCUT2D eigenvalue weighted by atomic mass is 16.5. The second kappa shape index (κ2) is 9.72. The second-order valence-electron chi connectivity index (χ2n) is 7.89. The molecule has 0 aliphatic rings. The van der Waals surface area contributed by atoms with Crippen LogP contribution in [0.25, 0.3) is 11.2 Å². The quantitative estimate of drug-likeness (QED) is 0.499. The maximum Gasteiger partial charge on any atom is 0.332 e. The van der Waals surface area contributed by atoms with Crippen LogP contribution in [0.5, 0.6) is 0 Å². The van der Waals surface area contributed by atoms with Crippen molar-refractivity contribution in [2.75, 3.05) is 23.4 Å². The summed E-state index contributed by atoms with van der Waals surface area (Å²) >= 11 is 0. The number of rotatable bonds is 8. The first kappa shape index (κ1) is 23.8. The first-order chi connectivity index (χ1) is 15.6. The maximum absolute atomic E-state index is 12.4. The van der Waals surface area contributed by atoms with Crippen LogP contribution in [0.4, 0.5) is 11.4 Å². The minimum atomic E-state index is -0.716.